The highest BCUT2D eigenvalue weighted by atomic mass is 16.3. The van der Waals surface area contributed by atoms with Crippen molar-refractivity contribution in [1.82, 2.24) is 5.32 Å². The molecule has 0 spiro atoms. The van der Waals surface area contributed by atoms with Gasteiger partial charge in [0, 0.05) is 5.92 Å². The van der Waals surface area contributed by atoms with Crippen LogP contribution in [0.1, 0.15) is 23.4 Å². The molecular weight excluding hydrogens is 190 g/mol. The summed E-state index contributed by atoms with van der Waals surface area (Å²) in [5.41, 5.74) is 0. The molecular formula is C12H15NO2. The van der Waals surface area contributed by atoms with Crippen LogP contribution < -0.4 is 5.32 Å². The van der Waals surface area contributed by atoms with Crippen LogP contribution in [0.4, 0.5) is 0 Å². The molecule has 15 heavy (non-hydrogen) atoms. The van der Waals surface area contributed by atoms with E-state index in [1.807, 2.05) is 0 Å². The first-order valence-electron chi connectivity index (χ1n) is 5.63. The molecule has 2 fully saturated rings. The van der Waals surface area contributed by atoms with Gasteiger partial charge in [-0.3, -0.25) is 4.79 Å². The van der Waals surface area contributed by atoms with Crippen molar-refractivity contribution in [3.63, 3.8) is 0 Å². The van der Waals surface area contributed by atoms with Crippen LogP contribution in [-0.4, -0.2) is 18.9 Å². The molecule has 3 rings (SSSR count). The predicted molar refractivity (Wildman–Crippen MR) is 55.6 cm³/mol. The SMILES string of the molecule is O=C(c1ccco1)C1C[C@H]2CNC[C@@H]2C1. The van der Waals surface area contributed by atoms with Crippen LogP contribution in [0.3, 0.4) is 0 Å². The van der Waals surface area contributed by atoms with E-state index < -0.39 is 0 Å². The quantitative estimate of drug-likeness (QED) is 0.747. The lowest BCUT2D eigenvalue weighted by Crippen LogP contribution is -2.16. The van der Waals surface area contributed by atoms with Gasteiger partial charge in [-0.1, -0.05) is 0 Å². The number of Topliss-reactive ketones (excluding diaryl/α,β-unsaturated/α-hetero) is 1. The van der Waals surface area contributed by atoms with Gasteiger partial charge in [-0.15, -0.1) is 0 Å². The summed E-state index contributed by atoms with van der Waals surface area (Å²) < 4.78 is 5.16. The second-order valence-corrected chi connectivity index (χ2v) is 4.69. The van der Waals surface area contributed by atoms with E-state index >= 15 is 0 Å². The van der Waals surface area contributed by atoms with Crippen LogP contribution in [0.15, 0.2) is 22.8 Å². The van der Waals surface area contributed by atoms with Gasteiger partial charge in [-0.25, -0.2) is 0 Å². The van der Waals surface area contributed by atoms with Crippen LogP contribution in [-0.2, 0) is 0 Å². The second kappa shape index (κ2) is 3.49. The number of hydrogen-bond acceptors (Lipinski definition) is 3. The summed E-state index contributed by atoms with van der Waals surface area (Å²) in [5, 5.41) is 3.38. The zero-order valence-electron chi connectivity index (χ0n) is 8.61. The first kappa shape index (κ1) is 9.16. The maximum Gasteiger partial charge on any atom is 0.201 e. The van der Waals surface area contributed by atoms with Gasteiger partial charge in [0.2, 0.25) is 5.78 Å². The molecule has 0 radical (unpaired) electrons. The molecule has 3 nitrogen and oxygen atoms in total. The van der Waals surface area contributed by atoms with Crippen molar-refractivity contribution in [3.05, 3.63) is 24.2 Å². The summed E-state index contributed by atoms with van der Waals surface area (Å²) in [5.74, 6) is 2.37. The average Bonchev–Trinajstić information content (AvgIpc) is 2.92. The summed E-state index contributed by atoms with van der Waals surface area (Å²) >= 11 is 0. The highest BCUT2D eigenvalue weighted by Crippen LogP contribution is 2.39. The van der Waals surface area contributed by atoms with Gasteiger partial charge in [-0.2, -0.15) is 0 Å². The summed E-state index contributed by atoms with van der Waals surface area (Å²) in [4.78, 5) is 12.0. The van der Waals surface area contributed by atoms with Gasteiger partial charge < -0.3 is 9.73 Å². The number of nitrogens with one attached hydrogen (secondary N) is 1. The average molecular weight is 205 g/mol. The minimum Gasteiger partial charge on any atom is -0.461 e. The molecule has 2 aliphatic rings. The third kappa shape index (κ3) is 1.51. The van der Waals surface area contributed by atoms with E-state index in [1.54, 1.807) is 18.4 Å². The number of carbonyl (C=O) groups is 1. The van der Waals surface area contributed by atoms with Crippen LogP contribution in [0.5, 0.6) is 0 Å². The monoisotopic (exact) mass is 205 g/mol. The minimum atomic E-state index is 0.202. The highest BCUT2D eigenvalue weighted by Gasteiger charge is 2.40. The summed E-state index contributed by atoms with van der Waals surface area (Å²) in [6.07, 6.45) is 3.65. The standard InChI is InChI=1S/C12H15NO2/c14-12(11-2-1-3-15-11)8-4-9-6-13-7-10(9)5-8/h1-3,8-10,13H,4-7H2/t9-,10-/m0/s1. The number of rotatable bonds is 2. The third-order valence-electron chi connectivity index (χ3n) is 3.79. The fraction of sp³-hybridized carbons (Fsp3) is 0.583. The summed E-state index contributed by atoms with van der Waals surface area (Å²) in [6, 6.07) is 3.55. The Labute approximate surface area is 88.8 Å². The Morgan fingerprint density at radius 3 is 2.67 bits per heavy atom. The maximum absolute atomic E-state index is 12.0. The van der Waals surface area contributed by atoms with Crippen molar-refractivity contribution in [2.45, 2.75) is 12.8 Å². The molecule has 1 saturated heterocycles. The minimum absolute atomic E-state index is 0.202. The summed E-state index contributed by atoms with van der Waals surface area (Å²) in [6.45, 7) is 2.18. The molecule has 2 atom stereocenters. The van der Waals surface area contributed by atoms with Gasteiger partial charge in [0.15, 0.2) is 5.76 Å². The fourth-order valence-electron chi connectivity index (χ4n) is 3.00. The Morgan fingerprint density at radius 2 is 2.07 bits per heavy atom. The third-order valence-corrected chi connectivity index (χ3v) is 3.79. The topological polar surface area (TPSA) is 42.2 Å². The molecule has 1 aliphatic carbocycles. The molecule has 1 aromatic rings. The first-order valence-corrected chi connectivity index (χ1v) is 5.63. The lowest BCUT2D eigenvalue weighted by molar-refractivity contribution is 0.0889. The molecule has 1 aromatic heterocycles. The molecule has 0 unspecified atom stereocenters. The Bertz CT molecular complexity index is 346. The van der Waals surface area contributed by atoms with Gasteiger partial charge in [0.1, 0.15) is 0 Å². The van der Waals surface area contributed by atoms with Crippen molar-refractivity contribution in [1.29, 1.82) is 0 Å². The molecule has 1 saturated carbocycles. The van der Waals surface area contributed by atoms with Crippen molar-refractivity contribution >= 4 is 5.78 Å². The van der Waals surface area contributed by atoms with E-state index in [2.05, 4.69) is 5.32 Å². The van der Waals surface area contributed by atoms with Crippen molar-refractivity contribution < 1.29 is 9.21 Å². The zero-order chi connectivity index (χ0) is 10.3. The van der Waals surface area contributed by atoms with E-state index in [9.17, 15) is 4.79 Å². The van der Waals surface area contributed by atoms with Crippen molar-refractivity contribution in [2.75, 3.05) is 13.1 Å². The van der Waals surface area contributed by atoms with Gasteiger partial charge in [-0.05, 0) is 49.9 Å². The maximum atomic E-state index is 12.0. The van der Waals surface area contributed by atoms with Crippen molar-refractivity contribution in [2.24, 2.45) is 17.8 Å². The van der Waals surface area contributed by atoms with Crippen LogP contribution in [0.2, 0.25) is 0 Å². The number of furan rings is 1. The number of carbonyl (C=O) groups excluding carboxylic acids is 1. The molecule has 0 bridgehead atoms. The normalized spacial score (nSPS) is 30.7. The Morgan fingerprint density at radius 1 is 1.33 bits per heavy atom. The number of fused-ring (bicyclic) bond motifs is 1. The molecule has 1 N–H and O–H groups in total. The molecule has 2 heterocycles. The van der Waals surface area contributed by atoms with Crippen LogP contribution in [0, 0.1) is 17.8 Å². The van der Waals surface area contributed by atoms with Crippen LogP contribution in [0.25, 0.3) is 0 Å². The Hall–Kier alpha value is -1.09. The van der Waals surface area contributed by atoms with Gasteiger partial charge in [0.25, 0.3) is 0 Å². The fourth-order valence-corrected chi connectivity index (χ4v) is 3.00. The second-order valence-electron chi connectivity index (χ2n) is 4.69. The zero-order valence-corrected chi connectivity index (χ0v) is 8.61. The van der Waals surface area contributed by atoms with Crippen molar-refractivity contribution in [3.8, 4) is 0 Å². The van der Waals surface area contributed by atoms with E-state index in [-0.39, 0.29) is 11.7 Å². The molecule has 0 aromatic carbocycles. The smallest absolute Gasteiger partial charge is 0.201 e. The molecule has 3 heteroatoms. The Balaban J connectivity index is 1.72. The molecule has 80 valence electrons. The van der Waals surface area contributed by atoms with Gasteiger partial charge >= 0.3 is 0 Å². The lowest BCUT2D eigenvalue weighted by atomic mass is 9.99. The number of hydrogen-bond donors (Lipinski definition) is 1. The van der Waals surface area contributed by atoms with E-state index in [0.717, 1.165) is 25.9 Å². The number of ketones is 1. The predicted octanol–water partition coefficient (Wildman–Crippen LogP) is 1.71. The molecule has 0 amide bonds. The van der Waals surface area contributed by atoms with E-state index in [4.69, 9.17) is 4.42 Å². The van der Waals surface area contributed by atoms with E-state index in [1.165, 1.54) is 0 Å². The first-order chi connectivity index (χ1) is 7.34. The van der Waals surface area contributed by atoms with E-state index in [0.29, 0.717) is 17.6 Å². The summed E-state index contributed by atoms with van der Waals surface area (Å²) in [7, 11) is 0. The highest BCUT2D eigenvalue weighted by molar-refractivity contribution is 5.95. The van der Waals surface area contributed by atoms with Gasteiger partial charge in [0.05, 0.1) is 6.26 Å². The largest absolute Gasteiger partial charge is 0.461 e. The molecule has 1 aliphatic heterocycles. The van der Waals surface area contributed by atoms with Crippen LogP contribution >= 0.6 is 0 Å². The lowest BCUT2D eigenvalue weighted by Gasteiger charge is -2.07. The Kier molecular flexibility index (Phi) is 2.13.